The number of likely N-dealkylation sites (N-methyl/N-ethyl adjacent to an activating group) is 1. The molecular formula is C14H20FN3O. The van der Waals surface area contributed by atoms with Gasteiger partial charge in [0.05, 0.1) is 0 Å². The summed E-state index contributed by atoms with van der Waals surface area (Å²) in [6, 6.07) is 6.51. The zero-order chi connectivity index (χ0) is 13.8. The predicted octanol–water partition coefficient (Wildman–Crippen LogP) is 0.688. The van der Waals surface area contributed by atoms with Gasteiger partial charge in [-0.3, -0.25) is 9.69 Å². The zero-order valence-corrected chi connectivity index (χ0v) is 11.4. The van der Waals surface area contributed by atoms with Crippen LogP contribution in [-0.2, 0) is 11.3 Å². The van der Waals surface area contributed by atoms with Gasteiger partial charge in [-0.1, -0.05) is 18.2 Å². The van der Waals surface area contributed by atoms with Gasteiger partial charge < -0.3 is 10.2 Å². The molecule has 104 valence electrons. The van der Waals surface area contributed by atoms with Crippen LogP contribution in [0.2, 0.25) is 0 Å². The number of carbonyl (C=O) groups is 1. The molecule has 1 N–H and O–H groups in total. The third kappa shape index (κ3) is 3.30. The molecule has 0 aliphatic carbocycles. The van der Waals surface area contributed by atoms with E-state index < -0.39 is 0 Å². The van der Waals surface area contributed by atoms with Gasteiger partial charge in [0.1, 0.15) is 11.9 Å². The monoisotopic (exact) mass is 265 g/mol. The van der Waals surface area contributed by atoms with Crippen LogP contribution in [0.4, 0.5) is 4.39 Å². The minimum Gasteiger partial charge on any atom is -0.347 e. The van der Waals surface area contributed by atoms with Crippen molar-refractivity contribution in [1.82, 2.24) is 15.1 Å². The number of hydrogen-bond donors (Lipinski definition) is 1. The van der Waals surface area contributed by atoms with Crippen LogP contribution in [0.1, 0.15) is 5.56 Å². The molecular weight excluding hydrogens is 245 g/mol. The zero-order valence-electron chi connectivity index (χ0n) is 11.4. The Kier molecular flexibility index (Phi) is 4.50. The molecule has 1 aliphatic rings. The normalized spacial score (nSPS) is 20.3. The lowest BCUT2D eigenvalue weighted by Gasteiger charge is -2.36. The van der Waals surface area contributed by atoms with Crippen molar-refractivity contribution in [1.29, 1.82) is 0 Å². The minimum atomic E-state index is -0.219. The third-order valence-electron chi connectivity index (χ3n) is 3.41. The van der Waals surface area contributed by atoms with E-state index in [1.807, 2.05) is 11.0 Å². The maximum atomic E-state index is 13.7. The number of nitrogens with zero attached hydrogens (tertiary/aromatic N) is 2. The first kappa shape index (κ1) is 14.0. The smallest absolute Gasteiger partial charge is 0.240 e. The Morgan fingerprint density at radius 3 is 2.89 bits per heavy atom. The Bertz CT molecular complexity index is 450. The van der Waals surface area contributed by atoms with Gasteiger partial charge in [-0.25, -0.2) is 4.39 Å². The average molecular weight is 265 g/mol. The fourth-order valence-corrected chi connectivity index (χ4v) is 2.32. The van der Waals surface area contributed by atoms with Gasteiger partial charge in [0.25, 0.3) is 0 Å². The molecule has 2 rings (SSSR count). The van der Waals surface area contributed by atoms with Crippen LogP contribution < -0.4 is 5.32 Å². The number of halogens is 1. The van der Waals surface area contributed by atoms with Crippen LogP contribution in [0.3, 0.4) is 0 Å². The fourth-order valence-electron chi connectivity index (χ4n) is 2.32. The minimum absolute atomic E-state index is 0.0588. The molecule has 1 unspecified atom stereocenters. The SMILES string of the molecule is CN(C)C(=O)C1CNCCN1Cc1ccccc1F. The number of rotatable bonds is 3. The van der Waals surface area contributed by atoms with Crippen LogP contribution in [0, 0.1) is 5.82 Å². The van der Waals surface area contributed by atoms with Crippen molar-refractivity contribution in [3.8, 4) is 0 Å². The number of hydrogen-bond acceptors (Lipinski definition) is 3. The Labute approximate surface area is 113 Å². The number of benzene rings is 1. The predicted molar refractivity (Wildman–Crippen MR) is 72.2 cm³/mol. The summed E-state index contributed by atoms with van der Waals surface area (Å²) in [5.41, 5.74) is 0.640. The Morgan fingerprint density at radius 2 is 2.21 bits per heavy atom. The fraction of sp³-hybridized carbons (Fsp3) is 0.500. The number of carbonyl (C=O) groups excluding carboxylic acids is 1. The van der Waals surface area contributed by atoms with Crippen molar-refractivity contribution in [3.05, 3.63) is 35.6 Å². The second-order valence-corrected chi connectivity index (χ2v) is 5.01. The van der Waals surface area contributed by atoms with E-state index >= 15 is 0 Å². The Morgan fingerprint density at radius 1 is 1.47 bits per heavy atom. The summed E-state index contributed by atoms with van der Waals surface area (Å²) in [6.07, 6.45) is 0. The average Bonchev–Trinajstić information content (AvgIpc) is 2.41. The van der Waals surface area contributed by atoms with Crippen LogP contribution in [0.5, 0.6) is 0 Å². The summed E-state index contributed by atoms with van der Waals surface area (Å²) in [7, 11) is 3.50. The van der Waals surface area contributed by atoms with Crippen molar-refractivity contribution in [2.45, 2.75) is 12.6 Å². The van der Waals surface area contributed by atoms with Gasteiger partial charge in [0.2, 0.25) is 5.91 Å². The van der Waals surface area contributed by atoms with E-state index in [0.717, 1.165) is 13.1 Å². The summed E-state index contributed by atoms with van der Waals surface area (Å²) in [5.74, 6) is -0.152. The van der Waals surface area contributed by atoms with E-state index in [-0.39, 0.29) is 17.8 Å². The molecule has 1 amide bonds. The molecule has 0 radical (unpaired) electrons. The van der Waals surface area contributed by atoms with E-state index in [0.29, 0.717) is 18.7 Å². The van der Waals surface area contributed by atoms with Crippen LogP contribution in [-0.4, -0.2) is 55.5 Å². The second kappa shape index (κ2) is 6.12. The molecule has 1 fully saturated rings. The van der Waals surface area contributed by atoms with E-state index in [1.54, 1.807) is 31.1 Å². The molecule has 0 bridgehead atoms. The Hall–Kier alpha value is -1.46. The molecule has 0 spiro atoms. The molecule has 1 atom stereocenters. The third-order valence-corrected chi connectivity index (χ3v) is 3.41. The molecule has 19 heavy (non-hydrogen) atoms. The highest BCUT2D eigenvalue weighted by Gasteiger charge is 2.29. The topological polar surface area (TPSA) is 35.6 Å². The van der Waals surface area contributed by atoms with Crippen molar-refractivity contribution >= 4 is 5.91 Å². The standard InChI is InChI=1S/C14H20FN3O/c1-17(2)14(19)13-9-16-7-8-18(13)10-11-5-3-4-6-12(11)15/h3-6,13,16H,7-10H2,1-2H3. The van der Waals surface area contributed by atoms with E-state index in [1.165, 1.54) is 6.07 Å². The quantitative estimate of drug-likeness (QED) is 0.873. The highest BCUT2D eigenvalue weighted by atomic mass is 19.1. The lowest BCUT2D eigenvalue weighted by atomic mass is 10.1. The number of nitrogens with one attached hydrogen (secondary N) is 1. The molecule has 1 aliphatic heterocycles. The first-order chi connectivity index (χ1) is 9.09. The molecule has 1 aromatic rings. The molecule has 0 aromatic heterocycles. The number of amides is 1. The number of piperazine rings is 1. The van der Waals surface area contributed by atoms with Gasteiger partial charge >= 0.3 is 0 Å². The second-order valence-electron chi connectivity index (χ2n) is 5.01. The van der Waals surface area contributed by atoms with E-state index in [9.17, 15) is 9.18 Å². The maximum Gasteiger partial charge on any atom is 0.240 e. The van der Waals surface area contributed by atoms with Gasteiger partial charge in [0, 0.05) is 45.8 Å². The van der Waals surface area contributed by atoms with Gasteiger partial charge in [-0.15, -0.1) is 0 Å². The summed E-state index contributed by atoms with van der Waals surface area (Å²) in [5, 5.41) is 3.22. The maximum absolute atomic E-state index is 13.7. The molecule has 1 heterocycles. The molecule has 0 saturated carbocycles. The molecule has 1 aromatic carbocycles. The van der Waals surface area contributed by atoms with Crippen LogP contribution in [0.25, 0.3) is 0 Å². The first-order valence-electron chi connectivity index (χ1n) is 6.49. The lowest BCUT2D eigenvalue weighted by Crippen LogP contribution is -2.57. The highest BCUT2D eigenvalue weighted by molar-refractivity contribution is 5.81. The van der Waals surface area contributed by atoms with Crippen LogP contribution >= 0.6 is 0 Å². The summed E-state index contributed by atoms with van der Waals surface area (Å²) in [6.45, 7) is 2.66. The van der Waals surface area contributed by atoms with E-state index in [4.69, 9.17) is 0 Å². The van der Waals surface area contributed by atoms with Gasteiger partial charge in [0.15, 0.2) is 0 Å². The highest BCUT2D eigenvalue weighted by Crippen LogP contribution is 2.14. The van der Waals surface area contributed by atoms with E-state index in [2.05, 4.69) is 5.32 Å². The lowest BCUT2D eigenvalue weighted by molar-refractivity contribution is -0.135. The molecule has 1 saturated heterocycles. The van der Waals surface area contributed by atoms with Crippen molar-refractivity contribution in [3.63, 3.8) is 0 Å². The van der Waals surface area contributed by atoms with Crippen molar-refractivity contribution in [2.75, 3.05) is 33.7 Å². The first-order valence-corrected chi connectivity index (χ1v) is 6.49. The van der Waals surface area contributed by atoms with Gasteiger partial charge in [-0.05, 0) is 6.07 Å². The summed E-state index contributed by atoms with van der Waals surface area (Å²) >= 11 is 0. The largest absolute Gasteiger partial charge is 0.347 e. The van der Waals surface area contributed by atoms with Crippen LogP contribution in [0.15, 0.2) is 24.3 Å². The van der Waals surface area contributed by atoms with Crippen molar-refractivity contribution < 1.29 is 9.18 Å². The Balaban J connectivity index is 2.12. The van der Waals surface area contributed by atoms with Crippen molar-refractivity contribution in [2.24, 2.45) is 0 Å². The van der Waals surface area contributed by atoms with Gasteiger partial charge in [-0.2, -0.15) is 0 Å². The summed E-state index contributed by atoms with van der Waals surface area (Å²) in [4.78, 5) is 15.8. The summed E-state index contributed by atoms with van der Waals surface area (Å²) < 4.78 is 13.7. The molecule has 4 nitrogen and oxygen atoms in total. The molecule has 5 heteroatoms.